The fourth-order valence-corrected chi connectivity index (χ4v) is 2.32. The highest BCUT2D eigenvalue weighted by atomic mass is 35.5. The van der Waals surface area contributed by atoms with Gasteiger partial charge in [-0.25, -0.2) is 4.79 Å². The third-order valence-electron chi connectivity index (χ3n) is 3.71. The lowest BCUT2D eigenvalue weighted by atomic mass is 10.1. The van der Waals surface area contributed by atoms with Gasteiger partial charge in [0.1, 0.15) is 0 Å². The number of nitrogens with two attached hydrogens (primary N) is 4. The summed E-state index contributed by atoms with van der Waals surface area (Å²) in [5.74, 6) is -0.271. The van der Waals surface area contributed by atoms with E-state index in [1.807, 2.05) is 12.1 Å². The highest BCUT2D eigenvalue weighted by Crippen LogP contribution is 2.15. The average Bonchev–Trinajstić information content (AvgIpc) is 2.70. The minimum Gasteiger partial charge on any atom is -0.369 e. The molecule has 172 valence electrons. The van der Waals surface area contributed by atoms with Crippen LogP contribution in [-0.4, -0.2) is 29.4 Å². The number of carbonyl (C=O) groups excluding carboxylic acids is 1. The summed E-state index contributed by atoms with van der Waals surface area (Å²) in [5, 5.41) is 20.6. The van der Waals surface area contributed by atoms with Crippen LogP contribution in [0.1, 0.15) is 25.0 Å². The zero-order chi connectivity index (χ0) is 22.1. The highest BCUT2D eigenvalue weighted by Gasteiger charge is 2.06. The Kier molecular flexibility index (Phi) is 11.9. The van der Waals surface area contributed by atoms with Crippen molar-refractivity contribution in [3.05, 3.63) is 59.7 Å². The Hall–Kier alpha value is -3.83. The first-order chi connectivity index (χ1) is 14.2. The van der Waals surface area contributed by atoms with Gasteiger partial charge in [0.2, 0.25) is 11.9 Å². The van der Waals surface area contributed by atoms with Gasteiger partial charge in [-0.3, -0.25) is 0 Å². The van der Waals surface area contributed by atoms with Gasteiger partial charge in [-0.1, -0.05) is 24.3 Å². The predicted molar refractivity (Wildman–Crippen MR) is 136 cm³/mol. The number of urea groups is 1. The zero-order valence-electron chi connectivity index (χ0n) is 17.4. The van der Waals surface area contributed by atoms with Gasteiger partial charge in [-0.05, 0) is 49.2 Å². The van der Waals surface area contributed by atoms with E-state index in [0.717, 1.165) is 11.1 Å². The van der Waals surface area contributed by atoms with Crippen LogP contribution < -0.4 is 33.6 Å². The molecular weight excluding hydrogens is 455 g/mol. The quantitative estimate of drug-likeness (QED) is 0.209. The van der Waals surface area contributed by atoms with Crippen LogP contribution in [0, 0.1) is 0 Å². The molecule has 0 spiro atoms. The lowest BCUT2D eigenvalue weighted by Crippen LogP contribution is -2.22. The van der Waals surface area contributed by atoms with E-state index in [4.69, 9.17) is 22.9 Å². The minimum atomic E-state index is -0.415. The second kappa shape index (κ2) is 13.5. The average molecular weight is 481 g/mol. The Balaban J connectivity index is 0.00000480. The van der Waals surface area contributed by atoms with Gasteiger partial charge in [0.25, 0.3) is 0 Å². The topological polar surface area (TPSA) is 195 Å². The van der Waals surface area contributed by atoms with Crippen LogP contribution in [0.4, 0.5) is 16.2 Å². The van der Waals surface area contributed by atoms with E-state index < -0.39 is 6.03 Å². The number of rotatable bonds is 6. The molecule has 32 heavy (non-hydrogen) atoms. The lowest BCUT2D eigenvalue weighted by molar-refractivity contribution is 0.262. The minimum absolute atomic E-state index is 0. The van der Waals surface area contributed by atoms with Gasteiger partial charge in [0, 0.05) is 11.4 Å². The third kappa shape index (κ3) is 9.32. The fraction of sp³-hybridized carbons (Fsp3) is 0.105. The van der Waals surface area contributed by atoms with Gasteiger partial charge in [0.05, 0.1) is 11.4 Å². The maximum atomic E-state index is 12.4. The highest BCUT2D eigenvalue weighted by molar-refractivity contribution is 6.04. The third-order valence-corrected chi connectivity index (χ3v) is 3.71. The summed E-state index contributed by atoms with van der Waals surface area (Å²) in [6.45, 7) is 3.51. The number of amides is 2. The molecule has 2 amide bonds. The summed E-state index contributed by atoms with van der Waals surface area (Å²) in [6, 6.07) is 13.8. The molecule has 2 aromatic carbocycles. The van der Waals surface area contributed by atoms with Crippen LogP contribution in [0.3, 0.4) is 0 Å². The monoisotopic (exact) mass is 480 g/mol. The molecule has 0 aliphatic rings. The summed E-state index contributed by atoms with van der Waals surface area (Å²) in [6.07, 6.45) is 0. The van der Waals surface area contributed by atoms with Crippen molar-refractivity contribution in [2.75, 3.05) is 10.6 Å². The van der Waals surface area contributed by atoms with E-state index in [-0.39, 0.29) is 36.7 Å². The van der Waals surface area contributed by atoms with Crippen LogP contribution in [0.25, 0.3) is 0 Å². The maximum absolute atomic E-state index is 12.4. The molecule has 0 aliphatic carbocycles. The van der Waals surface area contributed by atoms with Crippen molar-refractivity contribution in [1.82, 2.24) is 0 Å². The normalized spacial score (nSPS) is 10.7. The van der Waals surface area contributed by atoms with Crippen molar-refractivity contribution >= 4 is 65.6 Å². The summed E-state index contributed by atoms with van der Waals surface area (Å²) >= 11 is 0. The Morgan fingerprint density at radius 3 is 1.41 bits per heavy atom. The molecule has 0 radical (unpaired) electrons. The Bertz CT molecular complexity index is 960. The van der Waals surface area contributed by atoms with Gasteiger partial charge in [0.15, 0.2) is 0 Å². The molecular formula is C19H26Cl2N10O. The van der Waals surface area contributed by atoms with Gasteiger partial charge in [-0.15, -0.1) is 35.0 Å². The standard InChI is InChI=1S/C19H24N10O.2ClH/c1-11(26-28-17(20)21)13-5-3-7-15(9-13)24-19(30)25-16-8-4-6-14(10-16)12(2)27-29-18(22)23;;/h3-10H,1-2H3,(H4,20,21,28)(H4,22,23,29)(H2,24,25,30);2*1H. The number of nitrogens with one attached hydrogen (secondary N) is 2. The number of hydrogen-bond acceptors (Lipinski definition) is 5. The van der Waals surface area contributed by atoms with Crippen LogP contribution in [0.15, 0.2) is 68.9 Å². The molecule has 0 saturated carbocycles. The van der Waals surface area contributed by atoms with Gasteiger partial charge < -0.3 is 33.6 Å². The van der Waals surface area contributed by atoms with Crippen molar-refractivity contribution in [3.63, 3.8) is 0 Å². The lowest BCUT2D eigenvalue weighted by Gasteiger charge is -2.10. The molecule has 0 fully saturated rings. The molecule has 0 saturated heterocycles. The molecule has 0 aromatic heterocycles. The number of anilines is 2. The second-order valence-corrected chi connectivity index (χ2v) is 6.16. The summed E-state index contributed by atoms with van der Waals surface area (Å²) in [4.78, 5) is 12.4. The van der Waals surface area contributed by atoms with E-state index in [0.29, 0.717) is 22.8 Å². The van der Waals surface area contributed by atoms with Gasteiger partial charge in [-0.2, -0.15) is 10.2 Å². The number of nitrogens with zero attached hydrogens (tertiary/aromatic N) is 4. The van der Waals surface area contributed by atoms with Crippen molar-refractivity contribution in [3.8, 4) is 0 Å². The van der Waals surface area contributed by atoms with Crippen molar-refractivity contribution in [1.29, 1.82) is 0 Å². The number of hydrogen-bond donors (Lipinski definition) is 6. The zero-order valence-corrected chi connectivity index (χ0v) is 19.1. The maximum Gasteiger partial charge on any atom is 0.323 e. The van der Waals surface area contributed by atoms with Crippen molar-refractivity contribution in [2.45, 2.75) is 13.8 Å². The van der Waals surface area contributed by atoms with Gasteiger partial charge >= 0.3 is 6.03 Å². The predicted octanol–water partition coefficient (Wildman–Crippen LogP) is 2.17. The first kappa shape index (κ1) is 28.2. The van der Waals surface area contributed by atoms with E-state index in [2.05, 4.69) is 31.0 Å². The van der Waals surface area contributed by atoms with Crippen LogP contribution in [0.5, 0.6) is 0 Å². The molecule has 13 heteroatoms. The molecule has 10 N–H and O–H groups in total. The molecule has 2 rings (SSSR count). The first-order valence-corrected chi connectivity index (χ1v) is 8.80. The Morgan fingerprint density at radius 1 is 0.688 bits per heavy atom. The summed E-state index contributed by atoms with van der Waals surface area (Å²) < 4.78 is 0. The molecule has 0 aliphatic heterocycles. The molecule has 0 atom stereocenters. The molecule has 0 heterocycles. The number of carbonyl (C=O) groups is 1. The van der Waals surface area contributed by atoms with Crippen LogP contribution in [-0.2, 0) is 0 Å². The Labute approximate surface area is 197 Å². The first-order valence-electron chi connectivity index (χ1n) is 8.80. The van der Waals surface area contributed by atoms with E-state index in [1.165, 1.54) is 0 Å². The van der Waals surface area contributed by atoms with Crippen LogP contribution >= 0.6 is 24.8 Å². The number of halogens is 2. The second-order valence-electron chi connectivity index (χ2n) is 6.16. The van der Waals surface area contributed by atoms with Crippen molar-refractivity contribution in [2.24, 2.45) is 43.3 Å². The molecule has 2 aromatic rings. The van der Waals surface area contributed by atoms with E-state index >= 15 is 0 Å². The van der Waals surface area contributed by atoms with E-state index in [9.17, 15) is 4.79 Å². The number of benzene rings is 2. The van der Waals surface area contributed by atoms with Crippen LogP contribution in [0.2, 0.25) is 0 Å². The SMILES string of the molecule is CC(=NN=C(N)N)c1cccc(NC(=O)Nc2cccc(C(C)=NN=C(N)N)c2)c1.Cl.Cl. The smallest absolute Gasteiger partial charge is 0.323 e. The molecule has 0 unspecified atom stereocenters. The summed E-state index contributed by atoms with van der Waals surface area (Å²) in [5.41, 5.74) is 25.0. The largest absolute Gasteiger partial charge is 0.369 e. The molecule has 11 nitrogen and oxygen atoms in total. The van der Waals surface area contributed by atoms with Crippen molar-refractivity contribution < 1.29 is 4.79 Å². The number of guanidine groups is 2. The fourth-order valence-electron chi connectivity index (χ4n) is 2.32. The Morgan fingerprint density at radius 2 is 1.06 bits per heavy atom. The summed E-state index contributed by atoms with van der Waals surface area (Å²) in [7, 11) is 0. The van der Waals surface area contributed by atoms with E-state index in [1.54, 1.807) is 50.2 Å². The molecule has 0 bridgehead atoms.